The lowest BCUT2D eigenvalue weighted by molar-refractivity contribution is -0.137. The Morgan fingerprint density at radius 2 is 1.44 bits per heavy atom. The van der Waals surface area contributed by atoms with Gasteiger partial charge >= 0.3 is 6.18 Å². The monoisotopic (exact) mass is 235 g/mol. The van der Waals surface area contributed by atoms with Gasteiger partial charge in [0.05, 0.1) is 5.56 Å². The van der Waals surface area contributed by atoms with Crippen LogP contribution in [0.1, 0.15) is 38.8 Å². The third-order valence-electron chi connectivity index (χ3n) is 1.60. The van der Waals surface area contributed by atoms with Gasteiger partial charge in [-0.05, 0) is 30.7 Å². The van der Waals surface area contributed by atoms with Crippen molar-refractivity contribution in [1.82, 2.24) is 0 Å². The molecule has 1 aromatic carbocycles. The van der Waals surface area contributed by atoms with Gasteiger partial charge in [-0.2, -0.15) is 13.2 Å². The molecule has 0 atom stereocenters. The maximum Gasteiger partial charge on any atom is 0.416 e. The quantitative estimate of drug-likeness (QED) is 0.651. The lowest BCUT2D eigenvalue weighted by Crippen LogP contribution is -2.05. The van der Waals surface area contributed by atoms with Crippen LogP contribution in [0, 0.1) is 6.92 Å². The van der Waals surface area contributed by atoms with Crippen molar-refractivity contribution in [3.05, 3.63) is 29.3 Å². The van der Waals surface area contributed by atoms with Gasteiger partial charge in [0.2, 0.25) is 0 Å². The number of aryl methyl sites for hydroxylation is 1. The van der Waals surface area contributed by atoms with Gasteiger partial charge in [0.1, 0.15) is 0 Å². The van der Waals surface area contributed by atoms with Crippen molar-refractivity contribution in [2.24, 2.45) is 0 Å². The Morgan fingerprint density at radius 3 is 1.75 bits per heavy atom. The predicted octanol–water partition coefficient (Wildman–Crippen LogP) is 4.65. The van der Waals surface area contributed by atoms with Crippen LogP contribution in [-0.4, -0.2) is 0 Å². The highest BCUT2D eigenvalue weighted by Gasteiger charge is 2.30. The van der Waals surface area contributed by atoms with Gasteiger partial charge < -0.3 is 5.73 Å². The highest BCUT2D eigenvalue weighted by atomic mass is 19.4. The summed E-state index contributed by atoms with van der Waals surface area (Å²) in [6.07, 6.45) is -4.28. The summed E-state index contributed by atoms with van der Waals surface area (Å²) in [5, 5.41) is 0. The second-order valence-corrected chi connectivity index (χ2v) is 2.57. The van der Waals surface area contributed by atoms with Crippen LogP contribution in [0.15, 0.2) is 18.2 Å². The minimum absolute atomic E-state index is 0.378. The first-order chi connectivity index (χ1) is 7.41. The molecule has 2 N–H and O–H groups in total. The molecule has 0 heterocycles. The van der Waals surface area contributed by atoms with Crippen LogP contribution in [-0.2, 0) is 6.18 Å². The lowest BCUT2D eigenvalue weighted by Gasteiger charge is -2.08. The third-order valence-corrected chi connectivity index (χ3v) is 1.60. The van der Waals surface area contributed by atoms with E-state index in [2.05, 4.69) is 0 Å². The molecule has 16 heavy (non-hydrogen) atoms. The number of hydrogen-bond donors (Lipinski definition) is 1. The predicted molar refractivity (Wildman–Crippen MR) is 63.3 cm³/mol. The molecule has 0 aliphatic carbocycles. The summed E-state index contributed by atoms with van der Waals surface area (Å²) in [5.41, 5.74) is 5.53. The molecule has 1 aromatic rings. The second kappa shape index (κ2) is 8.02. The van der Waals surface area contributed by atoms with Crippen LogP contribution >= 0.6 is 0 Å². The van der Waals surface area contributed by atoms with E-state index in [9.17, 15) is 13.2 Å². The fourth-order valence-corrected chi connectivity index (χ4v) is 0.852. The first kappa shape index (κ1) is 17.2. The van der Waals surface area contributed by atoms with Crippen molar-refractivity contribution in [3.8, 4) is 0 Å². The molecule has 0 aromatic heterocycles. The van der Waals surface area contributed by atoms with Crippen LogP contribution in [0.2, 0.25) is 0 Å². The van der Waals surface area contributed by atoms with Crippen molar-refractivity contribution >= 4 is 5.69 Å². The average molecular weight is 235 g/mol. The zero-order valence-electron chi connectivity index (χ0n) is 10.4. The Morgan fingerprint density at radius 1 is 1.00 bits per heavy atom. The van der Waals surface area contributed by atoms with Gasteiger partial charge in [-0.15, -0.1) is 0 Å². The average Bonchev–Trinajstić information content (AvgIpc) is 2.26. The van der Waals surface area contributed by atoms with E-state index in [1.165, 1.54) is 6.07 Å². The fourth-order valence-electron chi connectivity index (χ4n) is 0.852. The van der Waals surface area contributed by atoms with E-state index >= 15 is 0 Å². The number of nitrogen functional groups attached to an aromatic ring is 1. The van der Waals surface area contributed by atoms with Crippen LogP contribution in [0.4, 0.5) is 18.9 Å². The van der Waals surface area contributed by atoms with Gasteiger partial charge in [0, 0.05) is 5.69 Å². The Labute approximate surface area is 95.5 Å². The summed E-state index contributed by atoms with van der Waals surface area (Å²) < 4.78 is 36.2. The van der Waals surface area contributed by atoms with Crippen molar-refractivity contribution < 1.29 is 13.2 Å². The molecule has 0 saturated heterocycles. The van der Waals surface area contributed by atoms with Gasteiger partial charge in [-0.25, -0.2) is 0 Å². The third kappa shape index (κ3) is 5.63. The molecule has 4 heteroatoms. The molecule has 0 fully saturated rings. The number of alkyl halides is 3. The zero-order valence-corrected chi connectivity index (χ0v) is 10.4. The number of halogens is 3. The second-order valence-electron chi connectivity index (χ2n) is 2.57. The standard InChI is InChI=1S/C8H8F3N.2C2H6/c1-5-4-6(8(9,10)11)2-3-7(5)12;2*1-2/h2-4H,12H2,1H3;2*1-2H3. The van der Waals surface area contributed by atoms with Crippen molar-refractivity contribution in [2.45, 2.75) is 40.8 Å². The fraction of sp³-hybridized carbons (Fsp3) is 0.500. The van der Waals surface area contributed by atoms with E-state index in [0.29, 0.717) is 11.3 Å². The SMILES string of the molecule is CC.CC.Cc1cc(C(F)(F)F)ccc1N. The normalized spacial score (nSPS) is 9.50. The largest absolute Gasteiger partial charge is 0.416 e. The minimum Gasteiger partial charge on any atom is -0.399 e. The molecule has 0 aliphatic heterocycles. The van der Waals surface area contributed by atoms with Gasteiger partial charge in [0.15, 0.2) is 0 Å². The van der Waals surface area contributed by atoms with E-state index in [1.54, 1.807) is 6.92 Å². The smallest absolute Gasteiger partial charge is 0.399 e. The number of benzene rings is 1. The summed E-state index contributed by atoms with van der Waals surface area (Å²) in [4.78, 5) is 0. The van der Waals surface area contributed by atoms with E-state index in [-0.39, 0.29) is 0 Å². The highest BCUT2D eigenvalue weighted by molar-refractivity contribution is 5.48. The Bertz CT molecular complexity index is 293. The summed E-state index contributed by atoms with van der Waals surface area (Å²) in [6.45, 7) is 9.55. The summed E-state index contributed by atoms with van der Waals surface area (Å²) in [7, 11) is 0. The molecular formula is C12H20F3N. The van der Waals surface area contributed by atoms with E-state index in [0.717, 1.165) is 12.1 Å². The number of nitrogens with two attached hydrogens (primary N) is 1. The highest BCUT2D eigenvalue weighted by Crippen LogP contribution is 2.30. The Balaban J connectivity index is 0. The molecule has 0 amide bonds. The molecule has 1 rings (SSSR count). The first-order valence-electron chi connectivity index (χ1n) is 5.34. The van der Waals surface area contributed by atoms with Crippen molar-refractivity contribution in [2.75, 3.05) is 5.73 Å². The zero-order chi connectivity index (χ0) is 13.4. The Hall–Kier alpha value is -1.19. The summed E-state index contributed by atoms with van der Waals surface area (Å²) in [6, 6.07) is 3.27. The topological polar surface area (TPSA) is 26.0 Å². The van der Waals surface area contributed by atoms with Crippen LogP contribution in [0.3, 0.4) is 0 Å². The van der Waals surface area contributed by atoms with Crippen LogP contribution in [0.25, 0.3) is 0 Å². The molecular weight excluding hydrogens is 215 g/mol. The van der Waals surface area contributed by atoms with Gasteiger partial charge in [0.25, 0.3) is 0 Å². The Kier molecular flexibility index (Phi) is 8.63. The molecule has 0 unspecified atom stereocenters. The molecule has 1 nitrogen and oxygen atoms in total. The van der Waals surface area contributed by atoms with Crippen LogP contribution in [0.5, 0.6) is 0 Å². The molecule has 0 radical (unpaired) electrons. The number of anilines is 1. The van der Waals surface area contributed by atoms with Gasteiger partial charge in [-0.1, -0.05) is 27.7 Å². The molecule has 0 aliphatic rings. The number of hydrogen-bond acceptors (Lipinski definition) is 1. The van der Waals surface area contributed by atoms with E-state index < -0.39 is 11.7 Å². The number of rotatable bonds is 0. The molecule has 94 valence electrons. The van der Waals surface area contributed by atoms with Crippen LogP contribution < -0.4 is 5.73 Å². The molecule has 0 spiro atoms. The summed E-state index contributed by atoms with van der Waals surface area (Å²) in [5.74, 6) is 0. The molecule has 0 bridgehead atoms. The van der Waals surface area contributed by atoms with E-state index in [1.807, 2.05) is 27.7 Å². The lowest BCUT2D eigenvalue weighted by atomic mass is 10.1. The van der Waals surface area contributed by atoms with Gasteiger partial charge in [-0.3, -0.25) is 0 Å². The summed E-state index contributed by atoms with van der Waals surface area (Å²) >= 11 is 0. The maximum absolute atomic E-state index is 12.1. The molecule has 0 saturated carbocycles. The maximum atomic E-state index is 12.1. The van der Waals surface area contributed by atoms with E-state index in [4.69, 9.17) is 5.73 Å². The minimum atomic E-state index is -4.28. The van der Waals surface area contributed by atoms with Crippen molar-refractivity contribution in [1.29, 1.82) is 0 Å². The van der Waals surface area contributed by atoms with Crippen molar-refractivity contribution in [3.63, 3.8) is 0 Å². The first-order valence-corrected chi connectivity index (χ1v) is 5.34.